The summed E-state index contributed by atoms with van der Waals surface area (Å²) in [6.45, 7) is 10.5. The molecule has 0 aliphatic carbocycles. The Kier molecular flexibility index (Phi) is 12.3. The second-order valence-electron chi connectivity index (χ2n) is 7.87. The minimum absolute atomic E-state index is 0.627. The van der Waals surface area contributed by atoms with E-state index in [-0.39, 0.29) is 0 Å². The molecule has 1 N–H and O–H groups in total. The predicted molar refractivity (Wildman–Crippen MR) is 135 cm³/mol. The molecular formula is C26H37NS2. The normalized spacial score (nSPS) is 13.3. The van der Waals surface area contributed by atoms with Gasteiger partial charge in [-0.25, -0.2) is 0 Å². The number of hydrogen-bond donors (Lipinski definition) is 1. The molecule has 2 aromatic rings. The number of nitrogens with one attached hydrogen (secondary N) is 1. The van der Waals surface area contributed by atoms with Crippen molar-refractivity contribution in [3.63, 3.8) is 0 Å². The van der Waals surface area contributed by atoms with Gasteiger partial charge in [0.15, 0.2) is 0 Å². The van der Waals surface area contributed by atoms with Crippen molar-refractivity contribution in [2.45, 2.75) is 43.6 Å². The van der Waals surface area contributed by atoms with Gasteiger partial charge in [0.2, 0.25) is 0 Å². The Morgan fingerprint density at radius 3 is 1.83 bits per heavy atom. The van der Waals surface area contributed by atoms with E-state index in [4.69, 9.17) is 0 Å². The van der Waals surface area contributed by atoms with Crippen molar-refractivity contribution < 1.29 is 0 Å². The zero-order valence-electron chi connectivity index (χ0n) is 18.1. The van der Waals surface area contributed by atoms with Gasteiger partial charge < -0.3 is 5.32 Å². The molecule has 0 saturated carbocycles. The first-order valence-electron chi connectivity index (χ1n) is 10.8. The van der Waals surface area contributed by atoms with Crippen LogP contribution in [-0.4, -0.2) is 35.1 Å². The van der Waals surface area contributed by atoms with E-state index in [1.165, 1.54) is 29.1 Å². The van der Waals surface area contributed by atoms with Gasteiger partial charge in [-0.3, -0.25) is 0 Å². The molecule has 0 radical (unpaired) electrons. The largest absolute Gasteiger partial charge is 0.312 e. The fourth-order valence-electron chi connectivity index (χ4n) is 3.36. The first-order valence-corrected chi connectivity index (χ1v) is 12.9. The maximum Gasteiger partial charge on any atom is 0.0291 e. The summed E-state index contributed by atoms with van der Waals surface area (Å²) >= 11 is 4.32. The molecule has 0 fully saturated rings. The highest BCUT2D eigenvalue weighted by atomic mass is 32.2. The summed E-state index contributed by atoms with van der Waals surface area (Å²) < 4.78 is 0. The van der Waals surface area contributed by atoms with Crippen molar-refractivity contribution in [3.8, 4) is 0 Å². The fraction of sp³-hybridized carbons (Fsp3) is 0.462. The van der Waals surface area contributed by atoms with E-state index in [9.17, 15) is 0 Å². The second kappa shape index (κ2) is 14.8. The summed E-state index contributed by atoms with van der Waals surface area (Å²) in [5, 5.41) is 4.90. The van der Waals surface area contributed by atoms with Crippen molar-refractivity contribution in [3.05, 3.63) is 84.4 Å². The topological polar surface area (TPSA) is 12.0 Å². The molecule has 2 atom stereocenters. The van der Waals surface area contributed by atoms with E-state index in [0.717, 1.165) is 31.8 Å². The van der Waals surface area contributed by atoms with Gasteiger partial charge in [0, 0.05) is 23.6 Å². The molecule has 2 aromatic carbocycles. The SMILES string of the molecule is C=CCNC[C@H](SCCc1ccccc1)[C@H](CC(C)C)SCCc1ccccc1. The van der Waals surface area contributed by atoms with Crippen LogP contribution >= 0.6 is 23.5 Å². The van der Waals surface area contributed by atoms with E-state index in [2.05, 4.69) is 110 Å². The first kappa shape index (κ1) is 24.1. The highest BCUT2D eigenvalue weighted by molar-refractivity contribution is 8.03. The van der Waals surface area contributed by atoms with Crippen molar-refractivity contribution in [1.29, 1.82) is 0 Å². The summed E-state index contributed by atoms with van der Waals surface area (Å²) in [7, 11) is 0. The zero-order chi connectivity index (χ0) is 20.7. The molecule has 0 bridgehead atoms. The first-order chi connectivity index (χ1) is 14.2. The smallest absolute Gasteiger partial charge is 0.0291 e. The van der Waals surface area contributed by atoms with Gasteiger partial charge in [0.1, 0.15) is 0 Å². The molecule has 0 aromatic heterocycles. The summed E-state index contributed by atoms with van der Waals surface area (Å²) in [5.41, 5.74) is 2.89. The molecule has 0 aliphatic heterocycles. The number of thioether (sulfide) groups is 2. The number of hydrogen-bond acceptors (Lipinski definition) is 3. The standard InChI is InChI=1S/C26H37NS2/c1-4-17-27-21-26(29-19-16-24-13-9-6-10-14-24)25(20-22(2)3)28-18-15-23-11-7-5-8-12-23/h4-14,22,25-27H,1,15-21H2,2-3H3/t25-,26-/m0/s1. The van der Waals surface area contributed by atoms with Gasteiger partial charge in [0.05, 0.1) is 0 Å². The average Bonchev–Trinajstić information content (AvgIpc) is 2.73. The summed E-state index contributed by atoms with van der Waals surface area (Å²) in [5.74, 6) is 3.09. The summed E-state index contributed by atoms with van der Waals surface area (Å²) in [4.78, 5) is 0. The predicted octanol–water partition coefficient (Wildman–Crippen LogP) is 6.50. The molecule has 2 rings (SSSR count). The Balaban J connectivity index is 1.92. The van der Waals surface area contributed by atoms with Crippen LogP contribution in [0.15, 0.2) is 73.3 Å². The van der Waals surface area contributed by atoms with Crippen LogP contribution in [0.4, 0.5) is 0 Å². The third-order valence-electron chi connectivity index (χ3n) is 4.88. The Hall–Kier alpha value is -1.16. The van der Waals surface area contributed by atoms with Gasteiger partial charge in [-0.05, 0) is 47.8 Å². The van der Waals surface area contributed by atoms with E-state index in [1.807, 2.05) is 6.08 Å². The van der Waals surface area contributed by atoms with E-state index in [1.54, 1.807) is 0 Å². The van der Waals surface area contributed by atoms with E-state index in [0.29, 0.717) is 10.5 Å². The van der Waals surface area contributed by atoms with Crippen molar-refractivity contribution in [1.82, 2.24) is 5.32 Å². The fourth-order valence-corrected chi connectivity index (χ4v) is 6.54. The Morgan fingerprint density at radius 2 is 1.34 bits per heavy atom. The summed E-state index contributed by atoms with van der Waals surface area (Å²) in [6.07, 6.45) is 5.54. The molecule has 0 unspecified atom stereocenters. The molecule has 0 saturated heterocycles. The van der Waals surface area contributed by atoms with Crippen molar-refractivity contribution in [2.75, 3.05) is 24.6 Å². The van der Waals surface area contributed by atoms with Crippen LogP contribution in [0.25, 0.3) is 0 Å². The van der Waals surface area contributed by atoms with Gasteiger partial charge >= 0.3 is 0 Å². The van der Waals surface area contributed by atoms with Crippen LogP contribution in [0, 0.1) is 5.92 Å². The second-order valence-corrected chi connectivity index (χ2v) is 10.6. The Morgan fingerprint density at radius 1 is 0.828 bits per heavy atom. The lowest BCUT2D eigenvalue weighted by molar-refractivity contribution is 0.545. The Labute approximate surface area is 187 Å². The summed E-state index contributed by atoms with van der Waals surface area (Å²) in [6, 6.07) is 21.8. The van der Waals surface area contributed by atoms with Crippen LogP contribution in [0.1, 0.15) is 31.4 Å². The minimum atomic E-state index is 0.627. The van der Waals surface area contributed by atoms with Crippen LogP contribution in [0.5, 0.6) is 0 Å². The van der Waals surface area contributed by atoms with Gasteiger partial charge in [-0.2, -0.15) is 23.5 Å². The van der Waals surface area contributed by atoms with Gasteiger partial charge in [0.25, 0.3) is 0 Å². The highest BCUT2D eigenvalue weighted by Crippen LogP contribution is 2.30. The quantitative estimate of drug-likeness (QED) is 0.257. The number of aryl methyl sites for hydroxylation is 2. The number of benzene rings is 2. The van der Waals surface area contributed by atoms with Gasteiger partial charge in [-0.1, -0.05) is 80.6 Å². The van der Waals surface area contributed by atoms with Crippen LogP contribution in [0.3, 0.4) is 0 Å². The maximum atomic E-state index is 3.86. The van der Waals surface area contributed by atoms with Crippen LogP contribution in [0.2, 0.25) is 0 Å². The number of rotatable bonds is 15. The van der Waals surface area contributed by atoms with Crippen LogP contribution < -0.4 is 5.32 Å². The van der Waals surface area contributed by atoms with Crippen molar-refractivity contribution >= 4 is 23.5 Å². The molecule has 0 aliphatic rings. The lowest BCUT2D eigenvalue weighted by Gasteiger charge is -2.28. The lowest BCUT2D eigenvalue weighted by Crippen LogP contribution is -2.34. The zero-order valence-corrected chi connectivity index (χ0v) is 19.7. The van der Waals surface area contributed by atoms with E-state index >= 15 is 0 Å². The molecule has 0 heterocycles. The third kappa shape index (κ3) is 10.4. The van der Waals surface area contributed by atoms with E-state index < -0.39 is 0 Å². The molecule has 1 nitrogen and oxygen atoms in total. The molecule has 3 heteroatoms. The van der Waals surface area contributed by atoms with Crippen LogP contribution in [-0.2, 0) is 12.8 Å². The molecule has 29 heavy (non-hydrogen) atoms. The molecule has 158 valence electrons. The molecule has 0 amide bonds. The lowest BCUT2D eigenvalue weighted by atomic mass is 10.1. The Bertz CT molecular complexity index is 657. The van der Waals surface area contributed by atoms with Crippen molar-refractivity contribution in [2.24, 2.45) is 5.92 Å². The van der Waals surface area contributed by atoms with Gasteiger partial charge in [-0.15, -0.1) is 6.58 Å². The highest BCUT2D eigenvalue weighted by Gasteiger charge is 2.23. The molecule has 0 spiro atoms. The minimum Gasteiger partial charge on any atom is -0.312 e. The molecular weight excluding hydrogens is 390 g/mol. The maximum absolute atomic E-state index is 3.86. The monoisotopic (exact) mass is 427 g/mol. The third-order valence-corrected chi connectivity index (χ3v) is 7.81. The average molecular weight is 428 g/mol.